The molecule has 0 saturated carbocycles. The second kappa shape index (κ2) is 12.8. The molecule has 2 heterocycles. The fourth-order valence-corrected chi connectivity index (χ4v) is 3.64. The zero-order valence-corrected chi connectivity index (χ0v) is 21.4. The van der Waals surface area contributed by atoms with E-state index in [0.29, 0.717) is 25.7 Å². The van der Waals surface area contributed by atoms with Crippen molar-refractivity contribution in [2.24, 2.45) is 12.0 Å². The lowest BCUT2D eigenvalue weighted by molar-refractivity contribution is 0.266. The summed E-state index contributed by atoms with van der Waals surface area (Å²) in [6.07, 6.45) is 2.50. The van der Waals surface area contributed by atoms with Gasteiger partial charge in [0.05, 0.1) is 6.54 Å². The van der Waals surface area contributed by atoms with Crippen molar-refractivity contribution >= 4 is 29.9 Å². The van der Waals surface area contributed by atoms with E-state index in [0.717, 1.165) is 36.4 Å². The Morgan fingerprint density at radius 2 is 1.97 bits per heavy atom. The fourth-order valence-electron chi connectivity index (χ4n) is 3.64. The van der Waals surface area contributed by atoms with E-state index in [1.807, 2.05) is 30.7 Å². The lowest BCUT2D eigenvalue weighted by Gasteiger charge is -2.24. The number of hydrogen-bond donors (Lipinski definition) is 2. The molecule has 1 aliphatic heterocycles. The fraction of sp³-hybridized carbons (Fsp3) is 0.591. The Labute approximate surface area is 202 Å². The second-order valence-corrected chi connectivity index (χ2v) is 7.78. The molecule has 2 aromatic rings. The van der Waals surface area contributed by atoms with Gasteiger partial charge in [0.1, 0.15) is 24.7 Å². The lowest BCUT2D eigenvalue weighted by Crippen LogP contribution is -2.45. The Bertz CT molecular complexity index is 822. The number of aromatic nitrogens is 3. The number of benzene rings is 1. The predicted molar refractivity (Wildman–Crippen MR) is 135 cm³/mol. The molecule has 9 heteroatoms. The third-order valence-electron chi connectivity index (χ3n) is 5.66. The molecule has 3 rings (SSSR count). The van der Waals surface area contributed by atoms with Gasteiger partial charge in [0.15, 0.2) is 11.8 Å². The van der Waals surface area contributed by atoms with Crippen molar-refractivity contribution in [3.8, 4) is 5.75 Å². The first-order valence-corrected chi connectivity index (χ1v) is 10.9. The van der Waals surface area contributed by atoms with Gasteiger partial charge in [-0.3, -0.25) is 4.90 Å². The molecule has 1 unspecified atom stereocenters. The van der Waals surface area contributed by atoms with Crippen LogP contribution in [0.5, 0.6) is 5.75 Å². The highest BCUT2D eigenvalue weighted by Crippen LogP contribution is 2.15. The van der Waals surface area contributed by atoms with Gasteiger partial charge in [-0.15, -0.1) is 34.2 Å². The van der Waals surface area contributed by atoms with E-state index in [1.54, 1.807) is 0 Å². The number of guanidine groups is 1. The molecule has 8 nitrogen and oxygen atoms in total. The molecule has 31 heavy (non-hydrogen) atoms. The van der Waals surface area contributed by atoms with Crippen molar-refractivity contribution in [1.82, 2.24) is 30.3 Å². The van der Waals surface area contributed by atoms with E-state index >= 15 is 0 Å². The van der Waals surface area contributed by atoms with Crippen LogP contribution in [-0.4, -0.2) is 64.5 Å². The van der Waals surface area contributed by atoms with Crippen LogP contribution in [0.15, 0.2) is 29.3 Å². The van der Waals surface area contributed by atoms with E-state index in [2.05, 4.69) is 51.7 Å². The van der Waals surface area contributed by atoms with Gasteiger partial charge in [-0.05, 0) is 51.9 Å². The summed E-state index contributed by atoms with van der Waals surface area (Å²) in [6, 6.07) is 8.67. The van der Waals surface area contributed by atoms with E-state index in [-0.39, 0.29) is 24.0 Å². The number of ether oxygens (including phenoxy) is 1. The molecule has 1 aliphatic rings. The maximum absolute atomic E-state index is 5.83. The minimum atomic E-state index is 0. The Hall–Kier alpha value is -1.88. The molecule has 1 atom stereocenters. The number of rotatable bonds is 9. The first kappa shape index (κ1) is 25.4. The minimum absolute atomic E-state index is 0. The number of likely N-dealkylation sites (tertiary alicyclic amines) is 1. The molecular formula is C22H36IN7O. The van der Waals surface area contributed by atoms with Crippen LogP contribution >= 0.6 is 24.0 Å². The maximum atomic E-state index is 5.83. The van der Waals surface area contributed by atoms with Crippen molar-refractivity contribution in [3.05, 3.63) is 41.5 Å². The average Bonchev–Trinajstić information content (AvgIpc) is 3.34. The van der Waals surface area contributed by atoms with Crippen LogP contribution in [0, 0.1) is 13.8 Å². The predicted octanol–water partition coefficient (Wildman–Crippen LogP) is 2.65. The Balaban J connectivity index is 0.00000341. The monoisotopic (exact) mass is 541 g/mol. The summed E-state index contributed by atoms with van der Waals surface area (Å²) in [6.45, 7) is 11.1. The van der Waals surface area contributed by atoms with Gasteiger partial charge in [-0.2, -0.15) is 0 Å². The smallest absolute Gasteiger partial charge is 0.191 e. The number of aryl methyl sites for hydroxylation is 2. The van der Waals surface area contributed by atoms with Crippen LogP contribution in [-0.2, 0) is 13.6 Å². The normalized spacial score (nSPS) is 16.8. The summed E-state index contributed by atoms with van der Waals surface area (Å²) < 4.78 is 7.80. The highest BCUT2D eigenvalue weighted by molar-refractivity contribution is 14.0. The van der Waals surface area contributed by atoms with Crippen LogP contribution < -0.4 is 15.4 Å². The molecule has 1 aromatic heterocycles. The molecule has 2 N–H and O–H groups in total. The van der Waals surface area contributed by atoms with E-state index in [9.17, 15) is 0 Å². The van der Waals surface area contributed by atoms with Crippen LogP contribution in [0.1, 0.15) is 37.0 Å². The third kappa shape index (κ3) is 7.64. The largest absolute Gasteiger partial charge is 0.492 e. The van der Waals surface area contributed by atoms with E-state index < -0.39 is 0 Å². The minimum Gasteiger partial charge on any atom is -0.492 e. The number of aliphatic imine (C=N–C) groups is 1. The van der Waals surface area contributed by atoms with Crippen molar-refractivity contribution < 1.29 is 4.74 Å². The van der Waals surface area contributed by atoms with Crippen molar-refractivity contribution in [3.63, 3.8) is 0 Å². The molecule has 0 radical (unpaired) electrons. The quantitative estimate of drug-likeness (QED) is 0.220. The summed E-state index contributed by atoms with van der Waals surface area (Å²) in [5.41, 5.74) is 1.23. The van der Waals surface area contributed by atoms with Crippen molar-refractivity contribution in [2.75, 3.05) is 32.8 Å². The molecule has 1 fully saturated rings. The molecule has 0 bridgehead atoms. The van der Waals surface area contributed by atoms with Gasteiger partial charge in [0, 0.05) is 19.6 Å². The number of halogens is 1. The SMILES string of the molecule is CCN1CCCC1CNC(=NCc1nnc(C)n1C)NCCOc1ccc(C)cc1.I. The number of hydrogen-bond acceptors (Lipinski definition) is 5. The Morgan fingerprint density at radius 3 is 2.65 bits per heavy atom. The van der Waals surface area contributed by atoms with Crippen LogP contribution in [0.2, 0.25) is 0 Å². The molecule has 0 aliphatic carbocycles. The number of nitrogens with zero attached hydrogens (tertiary/aromatic N) is 5. The summed E-state index contributed by atoms with van der Waals surface area (Å²) in [7, 11) is 1.97. The van der Waals surface area contributed by atoms with Crippen LogP contribution in [0.3, 0.4) is 0 Å². The Morgan fingerprint density at radius 1 is 1.19 bits per heavy atom. The molecule has 1 saturated heterocycles. The van der Waals surface area contributed by atoms with E-state index in [1.165, 1.54) is 24.9 Å². The zero-order chi connectivity index (χ0) is 21.3. The summed E-state index contributed by atoms with van der Waals surface area (Å²) in [5, 5.41) is 15.2. The molecule has 1 aromatic carbocycles. The number of nitrogens with one attached hydrogen (secondary N) is 2. The third-order valence-corrected chi connectivity index (χ3v) is 5.66. The van der Waals surface area contributed by atoms with Gasteiger partial charge in [-0.25, -0.2) is 4.99 Å². The van der Waals surface area contributed by atoms with Gasteiger partial charge < -0.3 is 19.9 Å². The molecule has 0 spiro atoms. The first-order chi connectivity index (χ1) is 14.6. The zero-order valence-electron chi connectivity index (χ0n) is 19.1. The maximum Gasteiger partial charge on any atom is 0.191 e. The van der Waals surface area contributed by atoms with Gasteiger partial charge >= 0.3 is 0 Å². The van der Waals surface area contributed by atoms with Crippen molar-refractivity contribution in [1.29, 1.82) is 0 Å². The second-order valence-electron chi connectivity index (χ2n) is 7.78. The van der Waals surface area contributed by atoms with Crippen molar-refractivity contribution in [2.45, 2.75) is 46.2 Å². The van der Waals surface area contributed by atoms with Gasteiger partial charge in [0.2, 0.25) is 0 Å². The molecule has 0 amide bonds. The molecular weight excluding hydrogens is 505 g/mol. The first-order valence-electron chi connectivity index (χ1n) is 10.9. The Kier molecular flexibility index (Phi) is 10.5. The van der Waals surface area contributed by atoms with Gasteiger partial charge in [-0.1, -0.05) is 24.6 Å². The van der Waals surface area contributed by atoms with E-state index in [4.69, 9.17) is 9.73 Å². The summed E-state index contributed by atoms with van der Waals surface area (Å²) in [4.78, 5) is 7.26. The highest BCUT2D eigenvalue weighted by Gasteiger charge is 2.22. The summed E-state index contributed by atoms with van der Waals surface area (Å²) in [5.74, 6) is 3.40. The van der Waals surface area contributed by atoms with Crippen LogP contribution in [0.4, 0.5) is 0 Å². The lowest BCUT2D eigenvalue weighted by atomic mass is 10.2. The van der Waals surface area contributed by atoms with Crippen LogP contribution in [0.25, 0.3) is 0 Å². The summed E-state index contributed by atoms with van der Waals surface area (Å²) >= 11 is 0. The topological polar surface area (TPSA) is 79.6 Å². The number of likely N-dealkylation sites (N-methyl/N-ethyl adjacent to an activating group) is 1. The standard InChI is InChI=1S/C22H35N7O.HI/c1-5-29-13-6-7-19(29)15-24-22(25-16-21-27-26-18(3)28(21)4)23-12-14-30-20-10-8-17(2)9-11-20;/h8-11,19H,5-7,12-16H2,1-4H3,(H2,23,24,25);1H. The highest BCUT2D eigenvalue weighted by atomic mass is 127. The van der Waals surface area contributed by atoms with Gasteiger partial charge in [0.25, 0.3) is 0 Å². The molecule has 172 valence electrons. The average molecular weight is 541 g/mol.